The second kappa shape index (κ2) is 6.03. The first-order valence-electron chi connectivity index (χ1n) is 6.58. The molecule has 0 atom stereocenters. The van der Waals surface area contributed by atoms with Crippen LogP contribution in [0.25, 0.3) is 11.3 Å². The van der Waals surface area contributed by atoms with Gasteiger partial charge < -0.3 is 0 Å². The van der Waals surface area contributed by atoms with Crippen molar-refractivity contribution in [3.8, 4) is 11.3 Å². The number of carbonyl (C=O) groups excluding carboxylic acids is 1. The van der Waals surface area contributed by atoms with Crippen LogP contribution in [0.2, 0.25) is 0 Å². The van der Waals surface area contributed by atoms with Crippen LogP contribution in [0.3, 0.4) is 0 Å². The third-order valence-corrected chi connectivity index (χ3v) is 3.80. The van der Waals surface area contributed by atoms with Crippen molar-refractivity contribution in [3.05, 3.63) is 65.0 Å². The number of aryl methyl sites for hydroxylation is 1. The molecule has 2 heterocycles. The van der Waals surface area contributed by atoms with Crippen LogP contribution in [0.5, 0.6) is 0 Å². The van der Waals surface area contributed by atoms with E-state index >= 15 is 0 Å². The van der Waals surface area contributed by atoms with Crippen LogP contribution in [0.4, 0.5) is 9.52 Å². The molecule has 3 rings (SSSR count). The van der Waals surface area contributed by atoms with E-state index in [0.29, 0.717) is 5.13 Å². The number of pyridine rings is 1. The Morgan fingerprint density at radius 2 is 2.00 bits per heavy atom. The number of hydrogen-bond donors (Lipinski definition) is 1. The minimum Gasteiger partial charge on any atom is -0.296 e. The Morgan fingerprint density at radius 3 is 2.73 bits per heavy atom. The molecule has 0 saturated carbocycles. The number of rotatable bonds is 3. The molecule has 0 aliphatic rings. The maximum Gasteiger partial charge on any atom is 0.279 e. The quantitative estimate of drug-likeness (QED) is 0.797. The van der Waals surface area contributed by atoms with Crippen LogP contribution < -0.4 is 5.32 Å². The zero-order valence-electron chi connectivity index (χ0n) is 11.7. The first-order valence-corrected chi connectivity index (χ1v) is 7.46. The lowest BCUT2D eigenvalue weighted by Gasteiger charge is -2.01. The molecule has 0 radical (unpaired) electrons. The van der Waals surface area contributed by atoms with Gasteiger partial charge in [-0.3, -0.25) is 10.1 Å². The molecular formula is C16H12FN3OS. The molecule has 22 heavy (non-hydrogen) atoms. The molecule has 1 aromatic carbocycles. The zero-order valence-corrected chi connectivity index (χ0v) is 12.5. The third kappa shape index (κ3) is 3.01. The van der Waals surface area contributed by atoms with Gasteiger partial charge in [-0.05, 0) is 19.1 Å². The van der Waals surface area contributed by atoms with E-state index in [0.717, 1.165) is 16.8 Å². The zero-order chi connectivity index (χ0) is 15.5. The fourth-order valence-electron chi connectivity index (χ4n) is 1.90. The topological polar surface area (TPSA) is 54.9 Å². The number of thiazole rings is 1. The highest BCUT2D eigenvalue weighted by molar-refractivity contribution is 7.14. The molecule has 0 saturated heterocycles. The number of anilines is 1. The van der Waals surface area contributed by atoms with Gasteiger partial charge in [-0.15, -0.1) is 11.3 Å². The highest BCUT2D eigenvalue weighted by Gasteiger charge is 2.14. The minimum atomic E-state index is -0.657. The Hall–Kier alpha value is -2.60. The molecule has 110 valence electrons. The number of amides is 1. The molecular weight excluding hydrogens is 301 g/mol. The van der Waals surface area contributed by atoms with Gasteiger partial charge in [-0.2, -0.15) is 0 Å². The van der Waals surface area contributed by atoms with Crippen molar-refractivity contribution in [2.45, 2.75) is 6.92 Å². The van der Waals surface area contributed by atoms with Gasteiger partial charge >= 0.3 is 0 Å². The molecule has 4 nitrogen and oxygen atoms in total. The molecule has 0 fully saturated rings. The Labute approximate surface area is 130 Å². The van der Waals surface area contributed by atoms with Crippen molar-refractivity contribution >= 4 is 22.4 Å². The maximum absolute atomic E-state index is 13.5. The predicted octanol–water partition coefficient (Wildman–Crippen LogP) is 3.90. The van der Waals surface area contributed by atoms with Crippen molar-refractivity contribution in [2.75, 3.05) is 5.32 Å². The van der Waals surface area contributed by atoms with Crippen LogP contribution >= 0.6 is 11.3 Å². The van der Waals surface area contributed by atoms with E-state index in [9.17, 15) is 9.18 Å². The lowest BCUT2D eigenvalue weighted by atomic mass is 10.1. The van der Waals surface area contributed by atoms with Crippen molar-refractivity contribution in [1.82, 2.24) is 9.97 Å². The van der Waals surface area contributed by atoms with Gasteiger partial charge in [-0.1, -0.05) is 29.8 Å². The molecule has 6 heteroatoms. The molecule has 0 spiro atoms. The largest absolute Gasteiger partial charge is 0.296 e. The standard InChI is InChI=1S/C16H12FN3OS/c1-10-4-6-11(7-5-10)13-9-22-16(19-13)20-15(21)14-12(17)3-2-8-18-14/h2-9H,1H3,(H,19,20,21). The number of nitrogens with zero attached hydrogens (tertiary/aromatic N) is 2. The Balaban J connectivity index is 1.78. The SMILES string of the molecule is Cc1ccc(-c2csc(NC(=O)c3ncccc3F)n2)cc1. The smallest absolute Gasteiger partial charge is 0.279 e. The highest BCUT2D eigenvalue weighted by atomic mass is 32.1. The lowest BCUT2D eigenvalue weighted by molar-refractivity contribution is 0.101. The summed E-state index contributed by atoms with van der Waals surface area (Å²) in [4.78, 5) is 20.1. The average molecular weight is 313 g/mol. The molecule has 1 N–H and O–H groups in total. The number of carbonyl (C=O) groups is 1. The Morgan fingerprint density at radius 1 is 1.23 bits per heavy atom. The summed E-state index contributed by atoms with van der Waals surface area (Å²) in [6.45, 7) is 2.01. The predicted molar refractivity (Wildman–Crippen MR) is 84.4 cm³/mol. The van der Waals surface area contributed by atoms with Crippen LogP contribution in [-0.4, -0.2) is 15.9 Å². The van der Waals surface area contributed by atoms with Gasteiger partial charge in [0.1, 0.15) is 0 Å². The van der Waals surface area contributed by atoms with E-state index in [1.54, 1.807) is 0 Å². The molecule has 1 amide bonds. The van der Waals surface area contributed by atoms with E-state index < -0.39 is 11.7 Å². The fourth-order valence-corrected chi connectivity index (χ4v) is 2.61. The van der Waals surface area contributed by atoms with Crippen molar-refractivity contribution < 1.29 is 9.18 Å². The van der Waals surface area contributed by atoms with E-state index in [2.05, 4.69) is 15.3 Å². The van der Waals surface area contributed by atoms with E-state index in [4.69, 9.17) is 0 Å². The summed E-state index contributed by atoms with van der Waals surface area (Å²) >= 11 is 1.28. The first-order chi connectivity index (χ1) is 10.6. The van der Waals surface area contributed by atoms with E-state index in [-0.39, 0.29) is 5.69 Å². The fraction of sp³-hybridized carbons (Fsp3) is 0.0625. The summed E-state index contributed by atoms with van der Waals surface area (Å²) < 4.78 is 13.5. The number of benzene rings is 1. The van der Waals surface area contributed by atoms with Crippen molar-refractivity contribution in [2.24, 2.45) is 0 Å². The number of halogens is 1. The minimum absolute atomic E-state index is 0.241. The summed E-state index contributed by atoms with van der Waals surface area (Å²) in [6.07, 6.45) is 1.37. The second-order valence-electron chi connectivity index (χ2n) is 4.69. The monoisotopic (exact) mass is 313 g/mol. The number of nitrogens with one attached hydrogen (secondary N) is 1. The molecule has 0 aliphatic carbocycles. The van der Waals surface area contributed by atoms with E-state index in [1.165, 1.54) is 29.7 Å². The normalized spacial score (nSPS) is 10.5. The summed E-state index contributed by atoms with van der Waals surface area (Å²) in [5.74, 6) is -1.27. The Kier molecular flexibility index (Phi) is 3.93. The number of aromatic nitrogens is 2. The Bertz CT molecular complexity index is 814. The van der Waals surface area contributed by atoms with Crippen LogP contribution in [-0.2, 0) is 0 Å². The van der Waals surface area contributed by atoms with Gasteiger partial charge in [0.25, 0.3) is 5.91 Å². The highest BCUT2D eigenvalue weighted by Crippen LogP contribution is 2.25. The van der Waals surface area contributed by atoms with Crippen LogP contribution in [0.1, 0.15) is 16.1 Å². The van der Waals surface area contributed by atoms with E-state index in [1.807, 2.05) is 36.6 Å². The van der Waals surface area contributed by atoms with Gasteiger partial charge in [0.15, 0.2) is 16.6 Å². The molecule has 2 aromatic heterocycles. The summed E-state index contributed by atoms with van der Waals surface area (Å²) in [5.41, 5.74) is 2.65. The first kappa shape index (κ1) is 14.3. The number of hydrogen-bond acceptors (Lipinski definition) is 4. The molecule has 0 bridgehead atoms. The summed E-state index contributed by atoms with van der Waals surface area (Å²) in [6, 6.07) is 10.6. The second-order valence-corrected chi connectivity index (χ2v) is 5.55. The van der Waals surface area contributed by atoms with Crippen LogP contribution in [0, 0.1) is 12.7 Å². The molecule has 0 aliphatic heterocycles. The summed E-state index contributed by atoms with van der Waals surface area (Å²) in [5, 5.41) is 4.82. The van der Waals surface area contributed by atoms with Crippen molar-refractivity contribution in [3.63, 3.8) is 0 Å². The van der Waals surface area contributed by atoms with Crippen LogP contribution in [0.15, 0.2) is 48.0 Å². The maximum atomic E-state index is 13.5. The van der Waals surface area contributed by atoms with Gasteiger partial charge in [-0.25, -0.2) is 14.4 Å². The third-order valence-electron chi connectivity index (χ3n) is 3.05. The van der Waals surface area contributed by atoms with Gasteiger partial charge in [0.2, 0.25) is 0 Å². The molecule has 0 unspecified atom stereocenters. The molecule has 3 aromatic rings. The lowest BCUT2D eigenvalue weighted by Crippen LogP contribution is -2.15. The average Bonchev–Trinajstić information content (AvgIpc) is 2.97. The van der Waals surface area contributed by atoms with Gasteiger partial charge in [0, 0.05) is 17.1 Å². The van der Waals surface area contributed by atoms with Crippen molar-refractivity contribution in [1.29, 1.82) is 0 Å². The summed E-state index contributed by atoms with van der Waals surface area (Å²) in [7, 11) is 0. The van der Waals surface area contributed by atoms with Gasteiger partial charge in [0.05, 0.1) is 5.69 Å².